The number of benzene rings is 2. The average Bonchev–Trinajstić information content (AvgIpc) is 3.19. The van der Waals surface area contributed by atoms with Crippen LogP contribution < -0.4 is 10.1 Å². The van der Waals surface area contributed by atoms with Gasteiger partial charge in [-0.3, -0.25) is 9.59 Å². The fourth-order valence-electron chi connectivity index (χ4n) is 3.41. The normalized spacial score (nSPS) is 12.2. The first-order valence-corrected chi connectivity index (χ1v) is 10.6. The number of nitrogens with zero attached hydrogens (tertiary/aromatic N) is 2. The molecule has 0 bridgehead atoms. The molecule has 1 unspecified atom stereocenters. The van der Waals surface area contributed by atoms with Crippen molar-refractivity contribution in [2.75, 3.05) is 19.5 Å². The zero-order chi connectivity index (χ0) is 24.3. The van der Waals surface area contributed by atoms with E-state index in [0.717, 1.165) is 11.6 Å². The van der Waals surface area contributed by atoms with Gasteiger partial charge in [0.2, 0.25) is 5.76 Å². The number of aromatic nitrogens is 1. The number of carbonyl (C=O) groups is 2. The Balaban J connectivity index is 1.93. The van der Waals surface area contributed by atoms with Gasteiger partial charge in [0.15, 0.2) is 0 Å². The molecule has 33 heavy (non-hydrogen) atoms. The molecule has 0 spiro atoms. The highest BCUT2D eigenvalue weighted by Gasteiger charge is 2.31. The van der Waals surface area contributed by atoms with Crippen molar-refractivity contribution in [2.45, 2.75) is 32.2 Å². The van der Waals surface area contributed by atoms with Crippen molar-refractivity contribution >= 4 is 29.1 Å². The lowest BCUT2D eigenvalue weighted by Crippen LogP contribution is -2.38. The van der Waals surface area contributed by atoms with Gasteiger partial charge in [-0.05, 0) is 46.0 Å². The molecule has 0 saturated carbocycles. The maximum absolute atomic E-state index is 13.4. The van der Waals surface area contributed by atoms with Crippen LogP contribution in [0, 0.1) is 0 Å². The molecule has 0 fully saturated rings. The van der Waals surface area contributed by atoms with Crippen molar-refractivity contribution in [2.24, 2.45) is 0 Å². The average molecular weight is 472 g/mol. The molecule has 0 aliphatic rings. The maximum Gasteiger partial charge on any atom is 0.293 e. The SMILES string of the molecule is COc1ccc(C(C(=O)Nc2ccc(C(C)(C)C)c(Cl)c2)N(C)C(=O)c2cc(O)no2)cc1. The minimum Gasteiger partial charge on any atom is -0.497 e. The van der Waals surface area contributed by atoms with E-state index in [2.05, 4.69) is 10.5 Å². The number of amides is 2. The molecule has 3 aromatic rings. The standard InChI is InChI=1S/C24H26ClN3O5/c1-24(2,3)17-11-8-15(12-18(17)25)26-22(30)21(14-6-9-16(32-5)10-7-14)28(4)23(31)19-13-20(29)27-33-19/h6-13,21H,1-5H3,(H,26,30)(H,27,29). The van der Waals surface area contributed by atoms with E-state index in [1.807, 2.05) is 26.8 Å². The largest absolute Gasteiger partial charge is 0.497 e. The number of anilines is 1. The number of methoxy groups -OCH3 is 1. The Morgan fingerprint density at radius 3 is 2.33 bits per heavy atom. The molecular weight excluding hydrogens is 446 g/mol. The number of rotatable bonds is 6. The monoisotopic (exact) mass is 471 g/mol. The van der Waals surface area contributed by atoms with Crippen LogP contribution in [-0.2, 0) is 10.2 Å². The number of hydrogen-bond donors (Lipinski definition) is 2. The number of carbonyl (C=O) groups excluding carboxylic acids is 2. The van der Waals surface area contributed by atoms with Crippen molar-refractivity contribution in [3.63, 3.8) is 0 Å². The summed E-state index contributed by atoms with van der Waals surface area (Å²) in [7, 11) is 3.00. The third kappa shape index (κ3) is 5.46. The van der Waals surface area contributed by atoms with Gasteiger partial charge >= 0.3 is 0 Å². The lowest BCUT2D eigenvalue weighted by atomic mass is 9.87. The fraction of sp³-hybridized carbons (Fsp3) is 0.292. The molecular formula is C24H26ClN3O5. The molecule has 0 radical (unpaired) electrons. The van der Waals surface area contributed by atoms with Gasteiger partial charge in [0.25, 0.3) is 17.7 Å². The molecule has 2 aromatic carbocycles. The van der Waals surface area contributed by atoms with Crippen LogP contribution in [0.3, 0.4) is 0 Å². The van der Waals surface area contributed by atoms with Crippen molar-refractivity contribution < 1.29 is 24.0 Å². The molecule has 174 valence electrons. The van der Waals surface area contributed by atoms with Crippen molar-refractivity contribution in [3.8, 4) is 11.6 Å². The van der Waals surface area contributed by atoms with E-state index >= 15 is 0 Å². The Hall–Kier alpha value is -3.52. The van der Waals surface area contributed by atoms with E-state index in [4.69, 9.17) is 20.9 Å². The molecule has 3 rings (SSSR count). The summed E-state index contributed by atoms with van der Waals surface area (Å²) in [6, 6.07) is 12.2. The summed E-state index contributed by atoms with van der Waals surface area (Å²) < 4.78 is 10.1. The van der Waals surface area contributed by atoms with Gasteiger partial charge in [0, 0.05) is 17.8 Å². The second-order valence-electron chi connectivity index (χ2n) is 8.57. The first kappa shape index (κ1) is 24.1. The molecule has 1 heterocycles. The topological polar surface area (TPSA) is 105 Å². The number of hydrogen-bond acceptors (Lipinski definition) is 6. The molecule has 9 heteroatoms. The third-order valence-corrected chi connectivity index (χ3v) is 5.45. The minimum absolute atomic E-state index is 0.152. The third-order valence-electron chi connectivity index (χ3n) is 5.14. The molecule has 0 saturated heterocycles. The Bertz CT molecular complexity index is 1150. The second-order valence-corrected chi connectivity index (χ2v) is 8.98. The predicted molar refractivity (Wildman–Crippen MR) is 125 cm³/mol. The van der Waals surface area contributed by atoms with Crippen LogP contribution in [0.5, 0.6) is 11.6 Å². The van der Waals surface area contributed by atoms with Crippen molar-refractivity contribution in [1.82, 2.24) is 10.1 Å². The Morgan fingerprint density at radius 1 is 1.15 bits per heavy atom. The van der Waals surface area contributed by atoms with Crippen LogP contribution in [0.2, 0.25) is 5.02 Å². The van der Waals surface area contributed by atoms with Crippen molar-refractivity contribution in [1.29, 1.82) is 0 Å². The highest BCUT2D eigenvalue weighted by Crippen LogP contribution is 2.32. The van der Waals surface area contributed by atoms with Crippen LogP contribution in [0.4, 0.5) is 5.69 Å². The Kier molecular flexibility index (Phi) is 6.98. The van der Waals surface area contributed by atoms with Gasteiger partial charge < -0.3 is 24.6 Å². The summed E-state index contributed by atoms with van der Waals surface area (Å²) in [4.78, 5) is 27.5. The first-order chi connectivity index (χ1) is 15.5. The molecule has 1 atom stereocenters. The fourth-order valence-corrected chi connectivity index (χ4v) is 3.87. The highest BCUT2D eigenvalue weighted by atomic mass is 35.5. The van der Waals surface area contributed by atoms with Crippen LogP contribution in [0.1, 0.15) is 48.5 Å². The lowest BCUT2D eigenvalue weighted by Gasteiger charge is -2.27. The molecule has 0 aliphatic carbocycles. The Morgan fingerprint density at radius 2 is 1.82 bits per heavy atom. The summed E-state index contributed by atoms with van der Waals surface area (Å²) in [6.07, 6.45) is 0. The molecule has 8 nitrogen and oxygen atoms in total. The van der Waals surface area contributed by atoms with Crippen molar-refractivity contribution in [3.05, 3.63) is 70.4 Å². The van der Waals surface area contributed by atoms with E-state index in [9.17, 15) is 14.7 Å². The molecule has 1 aromatic heterocycles. The van der Waals surface area contributed by atoms with E-state index in [-0.39, 0.29) is 11.2 Å². The van der Waals surface area contributed by atoms with Gasteiger partial charge in [-0.25, -0.2) is 0 Å². The number of ether oxygens (including phenoxy) is 1. The number of aromatic hydroxyl groups is 1. The van der Waals surface area contributed by atoms with Gasteiger partial charge in [-0.15, -0.1) is 0 Å². The zero-order valence-electron chi connectivity index (χ0n) is 19.0. The summed E-state index contributed by atoms with van der Waals surface area (Å²) in [5, 5.41) is 16.1. The zero-order valence-corrected chi connectivity index (χ0v) is 19.8. The lowest BCUT2D eigenvalue weighted by molar-refractivity contribution is -0.120. The predicted octanol–water partition coefficient (Wildman–Crippen LogP) is 4.79. The van der Waals surface area contributed by atoms with Gasteiger partial charge in [-0.2, -0.15) is 0 Å². The quantitative estimate of drug-likeness (QED) is 0.535. The van der Waals surface area contributed by atoms with Gasteiger partial charge in [0.1, 0.15) is 11.8 Å². The first-order valence-electron chi connectivity index (χ1n) is 10.2. The smallest absolute Gasteiger partial charge is 0.293 e. The molecule has 2 amide bonds. The highest BCUT2D eigenvalue weighted by molar-refractivity contribution is 6.31. The van der Waals surface area contributed by atoms with Crippen LogP contribution in [0.15, 0.2) is 53.1 Å². The van der Waals surface area contributed by atoms with E-state index < -0.39 is 23.7 Å². The summed E-state index contributed by atoms with van der Waals surface area (Å²) in [5.41, 5.74) is 1.84. The van der Waals surface area contributed by atoms with E-state index in [0.29, 0.717) is 22.0 Å². The summed E-state index contributed by atoms with van der Waals surface area (Å²) >= 11 is 6.45. The summed E-state index contributed by atoms with van der Waals surface area (Å²) in [5.74, 6) is -1.10. The van der Waals surface area contributed by atoms with Gasteiger partial charge in [0.05, 0.1) is 13.2 Å². The van der Waals surface area contributed by atoms with Gasteiger partial charge in [-0.1, -0.05) is 50.6 Å². The summed E-state index contributed by atoms with van der Waals surface area (Å²) in [6.45, 7) is 6.15. The second kappa shape index (κ2) is 9.54. The molecule has 0 aliphatic heterocycles. The van der Waals surface area contributed by atoms with E-state index in [1.165, 1.54) is 19.1 Å². The minimum atomic E-state index is -1.02. The number of halogens is 1. The maximum atomic E-state index is 13.4. The van der Waals surface area contributed by atoms with Crippen LogP contribution in [-0.4, -0.2) is 41.1 Å². The Labute approximate surface area is 197 Å². The molecule has 2 N–H and O–H groups in total. The number of nitrogens with one attached hydrogen (secondary N) is 1. The van der Waals surface area contributed by atoms with E-state index in [1.54, 1.807) is 36.4 Å². The number of likely N-dealkylation sites (N-methyl/N-ethyl adjacent to an activating group) is 1. The van der Waals surface area contributed by atoms with Crippen LogP contribution >= 0.6 is 11.6 Å². The van der Waals surface area contributed by atoms with Crippen LogP contribution in [0.25, 0.3) is 0 Å².